The van der Waals surface area contributed by atoms with E-state index in [1.807, 2.05) is 0 Å². The van der Waals surface area contributed by atoms with Crippen LogP contribution in [-0.4, -0.2) is 61.0 Å². The maximum atomic E-state index is 9.49. The van der Waals surface area contributed by atoms with Crippen molar-refractivity contribution >= 4 is 0 Å². The van der Waals surface area contributed by atoms with Crippen LogP contribution >= 0.6 is 0 Å². The Balaban J connectivity index is 2.30. The summed E-state index contributed by atoms with van der Waals surface area (Å²) in [5.41, 5.74) is -0.141. The largest absolute Gasteiger partial charge is 0.394 e. The number of morpholine rings is 1. The van der Waals surface area contributed by atoms with Crippen LogP contribution < -0.4 is 5.32 Å². The molecule has 0 amide bonds. The fraction of sp³-hybridized carbons (Fsp3) is 1.00. The second-order valence-corrected chi connectivity index (χ2v) is 5.38. The van der Waals surface area contributed by atoms with E-state index in [1.54, 1.807) is 0 Å². The van der Waals surface area contributed by atoms with Crippen molar-refractivity contribution in [2.75, 3.05) is 39.4 Å². The van der Waals surface area contributed by atoms with Gasteiger partial charge in [0.25, 0.3) is 0 Å². The third-order valence-electron chi connectivity index (χ3n) is 3.46. The number of ether oxygens (including phenoxy) is 1. The average molecular weight is 244 g/mol. The van der Waals surface area contributed by atoms with Gasteiger partial charge in [0.15, 0.2) is 0 Å². The molecular formula is C13H28N2O2. The summed E-state index contributed by atoms with van der Waals surface area (Å²) in [5, 5.41) is 12.9. The molecule has 0 aliphatic carbocycles. The minimum atomic E-state index is -0.141. The SMILES string of the molecule is CCCNC(C)(CO)CCN1CCOC(C)C1. The van der Waals surface area contributed by atoms with E-state index < -0.39 is 0 Å². The van der Waals surface area contributed by atoms with E-state index in [-0.39, 0.29) is 12.1 Å². The summed E-state index contributed by atoms with van der Waals surface area (Å²) in [5.74, 6) is 0. The number of hydrogen-bond acceptors (Lipinski definition) is 4. The molecule has 2 unspecified atom stereocenters. The first-order valence-corrected chi connectivity index (χ1v) is 6.79. The molecule has 1 aliphatic rings. The number of rotatable bonds is 7. The molecule has 0 aromatic rings. The number of aliphatic hydroxyl groups excluding tert-OH is 1. The Morgan fingerprint density at radius 2 is 2.29 bits per heavy atom. The second-order valence-electron chi connectivity index (χ2n) is 5.38. The first kappa shape index (κ1) is 14.9. The maximum absolute atomic E-state index is 9.49. The predicted octanol–water partition coefficient (Wildman–Crippen LogP) is 0.848. The molecule has 0 aromatic carbocycles. The Morgan fingerprint density at radius 1 is 1.53 bits per heavy atom. The molecule has 1 saturated heterocycles. The average Bonchev–Trinajstić information content (AvgIpc) is 2.34. The third kappa shape index (κ3) is 5.34. The zero-order valence-corrected chi connectivity index (χ0v) is 11.5. The predicted molar refractivity (Wildman–Crippen MR) is 70.3 cm³/mol. The van der Waals surface area contributed by atoms with Gasteiger partial charge in [-0.3, -0.25) is 4.90 Å². The van der Waals surface area contributed by atoms with Crippen molar-refractivity contribution in [3.05, 3.63) is 0 Å². The first-order valence-electron chi connectivity index (χ1n) is 6.79. The van der Waals surface area contributed by atoms with Crippen LogP contribution in [0.4, 0.5) is 0 Å². The lowest BCUT2D eigenvalue weighted by molar-refractivity contribution is -0.0216. The second kappa shape index (κ2) is 7.31. The Hall–Kier alpha value is -0.160. The Labute approximate surface area is 105 Å². The standard InChI is InChI=1S/C13H28N2O2/c1-4-6-14-13(3,11-16)5-7-15-8-9-17-12(2)10-15/h12,14,16H,4-11H2,1-3H3. The van der Waals surface area contributed by atoms with Gasteiger partial charge in [-0.2, -0.15) is 0 Å². The third-order valence-corrected chi connectivity index (χ3v) is 3.46. The monoisotopic (exact) mass is 244 g/mol. The van der Waals surface area contributed by atoms with E-state index >= 15 is 0 Å². The van der Waals surface area contributed by atoms with Crippen molar-refractivity contribution in [1.82, 2.24) is 10.2 Å². The molecular weight excluding hydrogens is 216 g/mol. The Morgan fingerprint density at radius 3 is 2.88 bits per heavy atom. The summed E-state index contributed by atoms with van der Waals surface area (Å²) in [7, 11) is 0. The molecule has 2 atom stereocenters. The Bertz CT molecular complexity index is 214. The number of nitrogens with zero attached hydrogens (tertiary/aromatic N) is 1. The van der Waals surface area contributed by atoms with Gasteiger partial charge in [0, 0.05) is 25.2 Å². The summed E-state index contributed by atoms with van der Waals surface area (Å²) in [6.07, 6.45) is 2.42. The van der Waals surface area contributed by atoms with Crippen LogP contribution in [0.15, 0.2) is 0 Å². The lowest BCUT2D eigenvalue weighted by Crippen LogP contribution is -2.50. The topological polar surface area (TPSA) is 44.7 Å². The fourth-order valence-electron chi connectivity index (χ4n) is 2.15. The van der Waals surface area contributed by atoms with Crippen LogP contribution in [0.2, 0.25) is 0 Å². The van der Waals surface area contributed by atoms with Crippen molar-refractivity contribution in [2.45, 2.75) is 45.3 Å². The first-order chi connectivity index (χ1) is 8.09. The van der Waals surface area contributed by atoms with E-state index in [0.717, 1.165) is 45.6 Å². The lowest BCUT2D eigenvalue weighted by atomic mass is 9.98. The summed E-state index contributed by atoms with van der Waals surface area (Å²) in [6, 6.07) is 0. The van der Waals surface area contributed by atoms with Gasteiger partial charge in [0.1, 0.15) is 0 Å². The van der Waals surface area contributed by atoms with Crippen molar-refractivity contribution in [2.24, 2.45) is 0 Å². The molecule has 0 radical (unpaired) electrons. The van der Waals surface area contributed by atoms with Crippen LogP contribution in [0.5, 0.6) is 0 Å². The Kier molecular flexibility index (Phi) is 6.41. The van der Waals surface area contributed by atoms with Gasteiger partial charge in [-0.15, -0.1) is 0 Å². The number of aliphatic hydroxyl groups is 1. The quantitative estimate of drug-likeness (QED) is 0.697. The molecule has 1 rings (SSSR count). The number of hydrogen-bond donors (Lipinski definition) is 2. The molecule has 1 heterocycles. The van der Waals surface area contributed by atoms with Gasteiger partial charge in [-0.05, 0) is 33.2 Å². The zero-order chi connectivity index (χ0) is 12.7. The molecule has 17 heavy (non-hydrogen) atoms. The van der Waals surface area contributed by atoms with Crippen LogP contribution in [0.3, 0.4) is 0 Å². The normalized spacial score (nSPS) is 25.8. The van der Waals surface area contributed by atoms with Gasteiger partial charge >= 0.3 is 0 Å². The summed E-state index contributed by atoms with van der Waals surface area (Å²) >= 11 is 0. The highest BCUT2D eigenvalue weighted by molar-refractivity contribution is 4.84. The van der Waals surface area contributed by atoms with Gasteiger partial charge in [0.2, 0.25) is 0 Å². The highest BCUT2D eigenvalue weighted by Gasteiger charge is 2.24. The van der Waals surface area contributed by atoms with E-state index in [1.165, 1.54) is 0 Å². The van der Waals surface area contributed by atoms with Gasteiger partial charge < -0.3 is 15.2 Å². The van der Waals surface area contributed by atoms with Crippen LogP contribution in [-0.2, 0) is 4.74 Å². The van der Waals surface area contributed by atoms with Crippen LogP contribution in [0.25, 0.3) is 0 Å². The minimum Gasteiger partial charge on any atom is -0.394 e. The van der Waals surface area contributed by atoms with Crippen molar-refractivity contribution in [1.29, 1.82) is 0 Å². The minimum absolute atomic E-state index is 0.141. The lowest BCUT2D eigenvalue weighted by Gasteiger charge is -2.35. The summed E-state index contributed by atoms with van der Waals surface area (Å²) in [6.45, 7) is 11.4. The van der Waals surface area contributed by atoms with Crippen molar-refractivity contribution in [3.63, 3.8) is 0 Å². The smallest absolute Gasteiger partial charge is 0.0674 e. The van der Waals surface area contributed by atoms with E-state index in [9.17, 15) is 5.11 Å². The molecule has 0 saturated carbocycles. The molecule has 1 fully saturated rings. The van der Waals surface area contributed by atoms with Crippen molar-refractivity contribution in [3.8, 4) is 0 Å². The molecule has 0 bridgehead atoms. The molecule has 0 aromatic heterocycles. The van der Waals surface area contributed by atoms with Crippen molar-refractivity contribution < 1.29 is 9.84 Å². The molecule has 1 aliphatic heterocycles. The molecule has 0 spiro atoms. The van der Waals surface area contributed by atoms with Crippen LogP contribution in [0, 0.1) is 0 Å². The summed E-state index contributed by atoms with van der Waals surface area (Å²) < 4.78 is 5.52. The van der Waals surface area contributed by atoms with E-state index in [2.05, 4.69) is 31.0 Å². The highest BCUT2D eigenvalue weighted by Crippen LogP contribution is 2.12. The van der Waals surface area contributed by atoms with Crippen LogP contribution in [0.1, 0.15) is 33.6 Å². The van der Waals surface area contributed by atoms with Gasteiger partial charge in [-0.25, -0.2) is 0 Å². The van der Waals surface area contributed by atoms with Gasteiger partial charge in [0.05, 0.1) is 19.3 Å². The molecule has 2 N–H and O–H groups in total. The zero-order valence-electron chi connectivity index (χ0n) is 11.5. The highest BCUT2D eigenvalue weighted by atomic mass is 16.5. The number of nitrogens with one attached hydrogen (secondary N) is 1. The molecule has 4 nitrogen and oxygen atoms in total. The molecule has 102 valence electrons. The van der Waals surface area contributed by atoms with Gasteiger partial charge in [-0.1, -0.05) is 6.92 Å². The fourth-order valence-corrected chi connectivity index (χ4v) is 2.15. The van der Waals surface area contributed by atoms with E-state index in [0.29, 0.717) is 6.10 Å². The summed E-state index contributed by atoms with van der Waals surface area (Å²) in [4.78, 5) is 2.43. The van der Waals surface area contributed by atoms with E-state index in [4.69, 9.17) is 4.74 Å². The maximum Gasteiger partial charge on any atom is 0.0674 e. The molecule has 4 heteroatoms.